The van der Waals surface area contributed by atoms with Gasteiger partial charge in [-0.1, -0.05) is 15.9 Å². The van der Waals surface area contributed by atoms with Crippen LogP contribution in [-0.2, 0) is 9.59 Å². The predicted octanol–water partition coefficient (Wildman–Crippen LogP) is 2.31. The molecule has 2 heterocycles. The molecule has 96 valence electrons. The van der Waals surface area contributed by atoms with Crippen molar-refractivity contribution in [1.29, 1.82) is 0 Å². The fourth-order valence-corrected chi connectivity index (χ4v) is 3.18. The number of hydrogen-bond donors (Lipinski definition) is 0. The Morgan fingerprint density at radius 1 is 1.16 bits per heavy atom. The predicted molar refractivity (Wildman–Crippen MR) is 70.7 cm³/mol. The first-order valence-corrected chi connectivity index (χ1v) is 6.97. The number of carbonyl (C=O) groups is 2. The Balaban J connectivity index is 1.75. The van der Waals surface area contributed by atoms with Crippen LogP contribution in [0.15, 0.2) is 39.0 Å². The van der Waals surface area contributed by atoms with E-state index in [2.05, 4.69) is 26.2 Å². The maximum Gasteiger partial charge on any atom is 0.261 e. The Hall–Kier alpha value is -1.56. The van der Waals surface area contributed by atoms with Gasteiger partial charge in [0.25, 0.3) is 5.91 Å². The lowest BCUT2D eigenvalue weighted by atomic mass is 9.94. The third-order valence-electron chi connectivity index (χ3n) is 4.08. The Bertz CT molecular complexity index is 621. The van der Waals surface area contributed by atoms with E-state index in [0.717, 1.165) is 17.3 Å². The quantitative estimate of drug-likeness (QED) is 0.746. The standard InChI is InChI=1S/C13H10BrN3O2/c14-7-1-3-8(4-2-7)17-11(18)9-10(12(17)19)15-16-13(9)5-6-13/h1-4,9-10H,5-6H2. The van der Waals surface area contributed by atoms with Crippen LogP contribution < -0.4 is 4.90 Å². The number of hydrogen-bond acceptors (Lipinski definition) is 4. The number of fused-ring (bicyclic) bond motifs is 2. The number of azo groups is 1. The Morgan fingerprint density at radius 2 is 1.84 bits per heavy atom. The minimum atomic E-state index is -0.598. The highest BCUT2D eigenvalue weighted by Gasteiger charge is 2.67. The van der Waals surface area contributed by atoms with E-state index < -0.39 is 6.04 Å². The van der Waals surface area contributed by atoms with Crippen LogP contribution in [0.2, 0.25) is 0 Å². The van der Waals surface area contributed by atoms with Crippen LogP contribution in [0.4, 0.5) is 5.69 Å². The summed E-state index contributed by atoms with van der Waals surface area (Å²) in [5, 5.41) is 8.20. The zero-order valence-electron chi connectivity index (χ0n) is 9.91. The van der Waals surface area contributed by atoms with Gasteiger partial charge in [0.05, 0.1) is 17.1 Å². The SMILES string of the molecule is O=C1C2N=NC3(CC3)C2C(=O)N1c1ccc(Br)cc1. The average Bonchev–Trinajstić information content (AvgIpc) is 2.98. The molecule has 19 heavy (non-hydrogen) atoms. The van der Waals surface area contributed by atoms with Crippen molar-refractivity contribution in [1.82, 2.24) is 0 Å². The number of anilines is 1. The van der Waals surface area contributed by atoms with E-state index >= 15 is 0 Å². The second-order valence-electron chi connectivity index (χ2n) is 5.23. The van der Waals surface area contributed by atoms with Gasteiger partial charge in [-0.2, -0.15) is 10.2 Å². The molecule has 2 atom stereocenters. The van der Waals surface area contributed by atoms with Gasteiger partial charge in [-0.3, -0.25) is 9.59 Å². The average molecular weight is 320 g/mol. The molecule has 5 nitrogen and oxygen atoms in total. The molecule has 3 aliphatic rings. The first kappa shape index (κ1) is 11.3. The minimum Gasteiger partial charge on any atom is -0.273 e. The van der Waals surface area contributed by atoms with Gasteiger partial charge in [-0.05, 0) is 37.1 Å². The monoisotopic (exact) mass is 319 g/mol. The fourth-order valence-electron chi connectivity index (χ4n) is 2.92. The molecule has 1 saturated carbocycles. The van der Waals surface area contributed by atoms with Gasteiger partial charge in [-0.25, -0.2) is 4.90 Å². The second kappa shape index (κ2) is 3.50. The molecular weight excluding hydrogens is 310 g/mol. The molecule has 6 heteroatoms. The number of halogens is 1. The van der Waals surface area contributed by atoms with Gasteiger partial charge in [0.2, 0.25) is 5.91 Å². The number of imide groups is 1. The molecule has 2 unspecified atom stereocenters. The van der Waals surface area contributed by atoms with Crippen LogP contribution in [0.1, 0.15) is 12.8 Å². The first-order chi connectivity index (χ1) is 9.12. The number of benzene rings is 1. The summed E-state index contributed by atoms with van der Waals surface area (Å²) < 4.78 is 0.911. The number of carbonyl (C=O) groups excluding carboxylic acids is 2. The summed E-state index contributed by atoms with van der Waals surface area (Å²) in [6.45, 7) is 0. The summed E-state index contributed by atoms with van der Waals surface area (Å²) in [5.41, 5.74) is 0.250. The van der Waals surface area contributed by atoms with Gasteiger partial charge < -0.3 is 0 Å². The number of rotatable bonds is 1. The van der Waals surface area contributed by atoms with Crippen molar-refractivity contribution in [3.05, 3.63) is 28.7 Å². The van der Waals surface area contributed by atoms with Crippen LogP contribution >= 0.6 is 15.9 Å². The molecule has 1 saturated heterocycles. The van der Waals surface area contributed by atoms with E-state index in [9.17, 15) is 9.59 Å². The fraction of sp³-hybridized carbons (Fsp3) is 0.385. The maximum absolute atomic E-state index is 12.5. The molecule has 2 amide bonds. The molecule has 1 aromatic carbocycles. The molecule has 4 rings (SSSR count). The largest absolute Gasteiger partial charge is 0.273 e. The van der Waals surface area contributed by atoms with Crippen molar-refractivity contribution >= 4 is 33.4 Å². The van der Waals surface area contributed by atoms with Crippen LogP contribution in [-0.4, -0.2) is 23.4 Å². The van der Waals surface area contributed by atoms with Crippen LogP contribution in [0.25, 0.3) is 0 Å². The molecular formula is C13H10BrN3O2. The van der Waals surface area contributed by atoms with Gasteiger partial charge in [-0.15, -0.1) is 0 Å². The molecule has 0 bridgehead atoms. The normalized spacial score (nSPS) is 30.3. The molecule has 2 aliphatic heterocycles. The molecule has 0 radical (unpaired) electrons. The van der Waals surface area contributed by atoms with Gasteiger partial charge in [0, 0.05) is 4.47 Å². The smallest absolute Gasteiger partial charge is 0.261 e. The molecule has 2 fully saturated rings. The molecule has 1 aliphatic carbocycles. The zero-order valence-corrected chi connectivity index (χ0v) is 11.5. The lowest BCUT2D eigenvalue weighted by molar-refractivity contribution is -0.122. The third kappa shape index (κ3) is 1.40. The van der Waals surface area contributed by atoms with Crippen LogP contribution in [0.3, 0.4) is 0 Å². The zero-order chi connectivity index (χ0) is 13.2. The third-order valence-corrected chi connectivity index (χ3v) is 4.61. The molecule has 1 aromatic rings. The van der Waals surface area contributed by atoms with Crippen molar-refractivity contribution in [3.8, 4) is 0 Å². The Kier molecular flexibility index (Phi) is 2.08. The Morgan fingerprint density at radius 3 is 2.47 bits per heavy atom. The van der Waals surface area contributed by atoms with Crippen LogP contribution in [0, 0.1) is 5.92 Å². The number of amides is 2. The van der Waals surface area contributed by atoms with E-state index in [1.165, 1.54) is 4.90 Å². The minimum absolute atomic E-state index is 0.153. The highest BCUT2D eigenvalue weighted by atomic mass is 79.9. The van der Waals surface area contributed by atoms with Crippen molar-refractivity contribution in [2.75, 3.05) is 4.90 Å². The highest BCUT2D eigenvalue weighted by molar-refractivity contribution is 9.10. The van der Waals surface area contributed by atoms with Gasteiger partial charge in [0.1, 0.15) is 0 Å². The summed E-state index contributed by atoms with van der Waals surface area (Å²) in [7, 11) is 0. The number of nitrogens with zero attached hydrogens (tertiary/aromatic N) is 3. The molecule has 0 N–H and O–H groups in total. The van der Waals surface area contributed by atoms with Crippen molar-refractivity contribution in [3.63, 3.8) is 0 Å². The van der Waals surface area contributed by atoms with Crippen LogP contribution in [0.5, 0.6) is 0 Å². The van der Waals surface area contributed by atoms with E-state index in [1.54, 1.807) is 12.1 Å². The van der Waals surface area contributed by atoms with Crippen molar-refractivity contribution in [2.45, 2.75) is 24.4 Å². The summed E-state index contributed by atoms with van der Waals surface area (Å²) >= 11 is 3.34. The Labute approximate surface area is 117 Å². The summed E-state index contributed by atoms with van der Waals surface area (Å²) in [5.74, 6) is -0.770. The van der Waals surface area contributed by atoms with Crippen molar-refractivity contribution in [2.24, 2.45) is 16.1 Å². The van der Waals surface area contributed by atoms with Crippen molar-refractivity contribution < 1.29 is 9.59 Å². The summed E-state index contributed by atoms with van der Waals surface area (Å²) in [4.78, 5) is 26.1. The molecule has 0 aromatic heterocycles. The van der Waals surface area contributed by atoms with E-state index in [1.807, 2.05) is 12.1 Å². The summed E-state index contributed by atoms with van der Waals surface area (Å²) in [6.07, 6.45) is 1.73. The van der Waals surface area contributed by atoms with Gasteiger partial charge >= 0.3 is 0 Å². The summed E-state index contributed by atoms with van der Waals surface area (Å²) in [6, 6.07) is 6.56. The lowest BCUT2D eigenvalue weighted by Crippen LogP contribution is -2.33. The second-order valence-corrected chi connectivity index (χ2v) is 6.15. The van der Waals surface area contributed by atoms with Gasteiger partial charge in [0.15, 0.2) is 6.04 Å². The topological polar surface area (TPSA) is 62.1 Å². The first-order valence-electron chi connectivity index (χ1n) is 6.18. The molecule has 1 spiro atoms. The van der Waals surface area contributed by atoms with E-state index in [4.69, 9.17) is 0 Å². The lowest BCUT2D eigenvalue weighted by Gasteiger charge is -2.16. The maximum atomic E-state index is 12.5. The highest BCUT2D eigenvalue weighted by Crippen LogP contribution is 2.55. The van der Waals surface area contributed by atoms with E-state index in [0.29, 0.717) is 5.69 Å². The van der Waals surface area contributed by atoms with E-state index in [-0.39, 0.29) is 23.3 Å².